The van der Waals surface area contributed by atoms with Crippen molar-refractivity contribution in [1.29, 1.82) is 0 Å². The van der Waals surface area contributed by atoms with Gasteiger partial charge in [0.2, 0.25) is 5.95 Å². The number of hydrazone groups is 1. The highest BCUT2D eigenvalue weighted by atomic mass is 16.5. The number of benzene rings is 2. The molecule has 2 aliphatic rings. The lowest BCUT2D eigenvalue weighted by Gasteiger charge is -2.41. The number of nitrogens with zero attached hydrogens (tertiary/aromatic N) is 2. The Kier molecular flexibility index (Phi) is 5.06. The van der Waals surface area contributed by atoms with Crippen LogP contribution in [0, 0.1) is 0 Å². The standard InChI is InChI=1S/C25H26N4O2/c1-31-19-11-9-17(10-12-19)16-26-29-24-27-22-20-8-4-3-7-18(20)15-25(13-5-2-6-14-25)21(22)23(30)28-24/h3-4,7-12,16H,2,5-6,13-15H2,1H3,(H2,27,28,29,30). The van der Waals surface area contributed by atoms with E-state index in [9.17, 15) is 4.79 Å². The number of nitrogens with one attached hydrogen (secondary N) is 2. The number of hydrogen-bond acceptors (Lipinski definition) is 5. The molecule has 0 bridgehead atoms. The molecular weight excluding hydrogens is 388 g/mol. The number of ether oxygens (including phenoxy) is 1. The molecule has 0 aliphatic heterocycles. The summed E-state index contributed by atoms with van der Waals surface area (Å²) in [5.74, 6) is 1.15. The number of aromatic nitrogens is 2. The normalized spacial score (nSPS) is 16.7. The van der Waals surface area contributed by atoms with Crippen LogP contribution in [0.1, 0.15) is 48.8 Å². The third-order valence-electron chi connectivity index (χ3n) is 6.56. The van der Waals surface area contributed by atoms with Crippen molar-refractivity contribution in [2.75, 3.05) is 12.5 Å². The van der Waals surface area contributed by atoms with E-state index >= 15 is 0 Å². The minimum Gasteiger partial charge on any atom is -0.497 e. The summed E-state index contributed by atoms with van der Waals surface area (Å²) >= 11 is 0. The molecule has 2 aliphatic carbocycles. The monoisotopic (exact) mass is 414 g/mol. The Morgan fingerprint density at radius 2 is 1.87 bits per heavy atom. The molecule has 0 unspecified atom stereocenters. The Bertz CT molecular complexity index is 1170. The van der Waals surface area contributed by atoms with E-state index in [1.165, 1.54) is 12.0 Å². The van der Waals surface area contributed by atoms with Gasteiger partial charge in [-0.1, -0.05) is 43.5 Å². The average Bonchev–Trinajstić information content (AvgIpc) is 2.80. The van der Waals surface area contributed by atoms with Crippen LogP contribution >= 0.6 is 0 Å². The van der Waals surface area contributed by atoms with Crippen molar-refractivity contribution in [2.24, 2.45) is 5.10 Å². The van der Waals surface area contributed by atoms with Gasteiger partial charge < -0.3 is 4.74 Å². The van der Waals surface area contributed by atoms with Gasteiger partial charge in [-0.05, 0) is 54.7 Å². The first-order chi connectivity index (χ1) is 15.2. The molecule has 0 atom stereocenters. The summed E-state index contributed by atoms with van der Waals surface area (Å²) in [4.78, 5) is 21.0. The quantitative estimate of drug-likeness (QED) is 0.481. The van der Waals surface area contributed by atoms with Crippen molar-refractivity contribution in [3.63, 3.8) is 0 Å². The summed E-state index contributed by atoms with van der Waals surface area (Å²) in [7, 11) is 1.64. The fourth-order valence-corrected chi connectivity index (χ4v) is 5.08. The highest BCUT2D eigenvalue weighted by molar-refractivity contribution is 5.80. The third kappa shape index (κ3) is 3.63. The molecule has 1 fully saturated rings. The van der Waals surface area contributed by atoms with Gasteiger partial charge in [0, 0.05) is 11.0 Å². The fraction of sp³-hybridized carbons (Fsp3) is 0.320. The minimum absolute atomic E-state index is 0.0523. The van der Waals surface area contributed by atoms with Crippen LogP contribution in [0.4, 0.5) is 5.95 Å². The van der Waals surface area contributed by atoms with Crippen LogP contribution in [-0.2, 0) is 11.8 Å². The maximum atomic E-state index is 13.3. The highest BCUT2D eigenvalue weighted by Gasteiger charge is 2.42. The summed E-state index contributed by atoms with van der Waals surface area (Å²) in [6.45, 7) is 0. The van der Waals surface area contributed by atoms with Gasteiger partial charge >= 0.3 is 0 Å². The molecule has 1 spiro atoms. The van der Waals surface area contributed by atoms with Crippen LogP contribution in [0.2, 0.25) is 0 Å². The van der Waals surface area contributed by atoms with Crippen LogP contribution in [0.15, 0.2) is 58.4 Å². The second-order valence-corrected chi connectivity index (χ2v) is 8.46. The van der Waals surface area contributed by atoms with Crippen molar-refractivity contribution in [3.8, 4) is 17.0 Å². The van der Waals surface area contributed by atoms with Gasteiger partial charge in [-0.15, -0.1) is 0 Å². The van der Waals surface area contributed by atoms with Gasteiger partial charge in [0.05, 0.1) is 24.6 Å². The lowest BCUT2D eigenvalue weighted by Crippen LogP contribution is -2.40. The number of fused-ring (bicyclic) bond motifs is 4. The molecule has 6 nitrogen and oxygen atoms in total. The number of hydrogen-bond donors (Lipinski definition) is 2. The van der Waals surface area contributed by atoms with Gasteiger partial charge in [0.15, 0.2) is 0 Å². The Morgan fingerprint density at radius 3 is 2.65 bits per heavy atom. The smallest absolute Gasteiger partial charge is 0.256 e. The Hall–Kier alpha value is -3.41. The molecule has 3 aromatic rings. The lowest BCUT2D eigenvalue weighted by molar-refractivity contribution is 0.285. The van der Waals surface area contributed by atoms with E-state index in [0.717, 1.165) is 60.2 Å². The summed E-state index contributed by atoms with van der Waals surface area (Å²) in [5, 5.41) is 4.27. The van der Waals surface area contributed by atoms with Crippen molar-refractivity contribution in [3.05, 3.63) is 75.6 Å². The maximum Gasteiger partial charge on any atom is 0.256 e. The van der Waals surface area contributed by atoms with E-state index in [-0.39, 0.29) is 11.0 Å². The van der Waals surface area contributed by atoms with E-state index in [2.05, 4.69) is 33.7 Å². The van der Waals surface area contributed by atoms with Crippen molar-refractivity contribution < 1.29 is 4.74 Å². The van der Waals surface area contributed by atoms with Crippen molar-refractivity contribution >= 4 is 12.2 Å². The summed E-state index contributed by atoms with van der Waals surface area (Å²) in [5.41, 5.74) is 7.66. The summed E-state index contributed by atoms with van der Waals surface area (Å²) in [6, 6.07) is 15.9. The first-order valence-corrected chi connectivity index (χ1v) is 10.8. The topological polar surface area (TPSA) is 79.4 Å². The van der Waals surface area contributed by atoms with Gasteiger partial charge in [0.1, 0.15) is 5.75 Å². The van der Waals surface area contributed by atoms with Gasteiger partial charge in [0.25, 0.3) is 5.56 Å². The first kappa shape index (κ1) is 19.5. The molecule has 1 aromatic heterocycles. The number of anilines is 1. The van der Waals surface area contributed by atoms with Crippen LogP contribution in [-0.4, -0.2) is 23.3 Å². The molecule has 2 aromatic carbocycles. The maximum absolute atomic E-state index is 13.3. The van der Waals surface area contributed by atoms with E-state index in [0.29, 0.717) is 5.95 Å². The molecule has 2 N–H and O–H groups in total. The SMILES string of the molecule is COc1ccc(C=NNc2nc3c(c(=O)[nH]2)C2(CCCCC2)Cc2ccccc2-3)cc1. The molecule has 1 saturated carbocycles. The summed E-state index contributed by atoms with van der Waals surface area (Å²) in [6.07, 6.45) is 8.26. The molecule has 0 saturated heterocycles. The summed E-state index contributed by atoms with van der Waals surface area (Å²) < 4.78 is 5.18. The molecule has 1 heterocycles. The number of H-pyrrole nitrogens is 1. The van der Waals surface area contributed by atoms with Crippen LogP contribution < -0.4 is 15.7 Å². The van der Waals surface area contributed by atoms with Crippen LogP contribution in [0.5, 0.6) is 5.75 Å². The second kappa shape index (κ2) is 8.02. The average molecular weight is 415 g/mol. The number of rotatable bonds is 4. The van der Waals surface area contributed by atoms with E-state index in [4.69, 9.17) is 9.72 Å². The molecule has 158 valence electrons. The van der Waals surface area contributed by atoms with Crippen molar-refractivity contribution in [1.82, 2.24) is 9.97 Å². The zero-order valence-corrected chi connectivity index (χ0v) is 17.6. The van der Waals surface area contributed by atoms with Crippen LogP contribution in [0.3, 0.4) is 0 Å². The lowest BCUT2D eigenvalue weighted by atomic mass is 9.62. The number of aromatic amines is 1. The fourth-order valence-electron chi connectivity index (χ4n) is 5.08. The molecule has 0 radical (unpaired) electrons. The van der Waals surface area contributed by atoms with Crippen LogP contribution in [0.25, 0.3) is 11.3 Å². The minimum atomic E-state index is -0.104. The predicted octanol–water partition coefficient (Wildman–Crippen LogP) is 4.65. The van der Waals surface area contributed by atoms with E-state index in [1.54, 1.807) is 13.3 Å². The Labute approximate surface area is 181 Å². The van der Waals surface area contributed by atoms with E-state index < -0.39 is 0 Å². The molecule has 0 amide bonds. The molecule has 31 heavy (non-hydrogen) atoms. The Morgan fingerprint density at radius 1 is 1.10 bits per heavy atom. The third-order valence-corrected chi connectivity index (χ3v) is 6.56. The highest BCUT2D eigenvalue weighted by Crippen LogP contribution is 2.48. The van der Waals surface area contributed by atoms with Gasteiger partial charge in [-0.25, -0.2) is 10.4 Å². The van der Waals surface area contributed by atoms with Gasteiger partial charge in [-0.2, -0.15) is 5.10 Å². The predicted molar refractivity (Wildman–Crippen MR) is 123 cm³/mol. The Balaban J connectivity index is 1.50. The van der Waals surface area contributed by atoms with E-state index in [1.807, 2.05) is 30.3 Å². The molecular formula is C25H26N4O2. The molecule has 5 rings (SSSR count). The number of methoxy groups -OCH3 is 1. The zero-order valence-electron chi connectivity index (χ0n) is 17.6. The first-order valence-electron chi connectivity index (χ1n) is 10.8. The van der Waals surface area contributed by atoms with Crippen molar-refractivity contribution in [2.45, 2.75) is 43.9 Å². The molecule has 6 heteroatoms. The second-order valence-electron chi connectivity index (χ2n) is 8.46. The van der Waals surface area contributed by atoms with Gasteiger partial charge in [-0.3, -0.25) is 9.78 Å². The zero-order chi connectivity index (χ0) is 21.3. The largest absolute Gasteiger partial charge is 0.497 e.